The summed E-state index contributed by atoms with van der Waals surface area (Å²) in [7, 11) is 0. The monoisotopic (exact) mass is 524 g/mol. The van der Waals surface area contributed by atoms with E-state index >= 15 is 8.78 Å². The lowest BCUT2D eigenvalue weighted by Gasteiger charge is -2.41. The van der Waals surface area contributed by atoms with Crippen LogP contribution in [0.4, 0.5) is 8.78 Å². The molecule has 2 heterocycles. The van der Waals surface area contributed by atoms with Gasteiger partial charge in [0.25, 0.3) is 0 Å². The van der Waals surface area contributed by atoms with Crippen LogP contribution in [0.2, 0.25) is 10.0 Å². The molecule has 0 aliphatic carbocycles. The quantitative estimate of drug-likeness (QED) is 0.440. The summed E-state index contributed by atoms with van der Waals surface area (Å²) < 4.78 is 36.2. The zero-order chi connectivity index (χ0) is 25.5. The smallest absolute Gasteiger partial charge is 0.321 e. The van der Waals surface area contributed by atoms with Crippen LogP contribution in [0.3, 0.4) is 0 Å². The molecule has 0 saturated carbocycles. The highest BCUT2D eigenvalue weighted by molar-refractivity contribution is 6.31. The Bertz CT molecular complexity index is 1170. The molecular weight excluding hydrogens is 497 g/mol. The molecule has 0 bridgehead atoms. The molecule has 0 aromatic heterocycles. The van der Waals surface area contributed by atoms with Crippen LogP contribution in [-0.2, 0) is 15.1 Å². The van der Waals surface area contributed by atoms with Crippen molar-refractivity contribution in [2.75, 3.05) is 13.2 Å². The second kappa shape index (κ2) is 9.79. The number of aliphatic carboxylic acids is 1. The summed E-state index contributed by atoms with van der Waals surface area (Å²) in [5.74, 6) is -3.83. The molecule has 35 heavy (non-hydrogen) atoms. The lowest BCUT2D eigenvalue weighted by atomic mass is 9.66. The van der Waals surface area contributed by atoms with E-state index in [1.165, 1.54) is 30.3 Å². The summed E-state index contributed by atoms with van der Waals surface area (Å²) in [6, 6.07) is 6.43. The van der Waals surface area contributed by atoms with Crippen LogP contribution in [-0.4, -0.2) is 36.4 Å². The first-order valence-corrected chi connectivity index (χ1v) is 12.2. The first kappa shape index (κ1) is 26.0. The molecule has 4 rings (SSSR count). The van der Waals surface area contributed by atoms with Gasteiger partial charge in [-0.25, -0.2) is 8.78 Å². The summed E-state index contributed by atoms with van der Waals surface area (Å²) in [5, 5.41) is 13.3. The Morgan fingerprint density at radius 2 is 2.03 bits per heavy atom. The summed E-state index contributed by atoms with van der Waals surface area (Å²) in [6.45, 7) is 5.15. The van der Waals surface area contributed by atoms with Crippen molar-refractivity contribution in [3.05, 3.63) is 80.9 Å². The maximum absolute atomic E-state index is 15.4. The van der Waals surface area contributed by atoms with Crippen molar-refractivity contribution in [2.24, 2.45) is 11.1 Å². The van der Waals surface area contributed by atoms with E-state index in [1.807, 2.05) is 19.9 Å². The molecule has 4 unspecified atom stereocenters. The topological polar surface area (TPSA) is 84.6 Å². The third-order valence-corrected chi connectivity index (χ3v) is 7.86. The van der Waals surface area contributed by atoms with E-state index in [0.29, 0.717) is 19.6 Å². The Hall–Kier alpha value is -2.03. The molecule has 4 N–H and O–H groups in total. The third kappa shape index (κ3) is 4.72. The number of carboxylic acids is 1. The SMILES string of the molecule is CC(C)(CC1NC(C(=O)O)C(c2cccc(Cl)c2F)C1(N)c1ccc(Cl)cc1F)C1=CCOCC1. The number of nitrogens with two attached hydrogens (primary N) is 1. The number of carbonyl (C=O) groups is 1. The molecule has 0 spiro atoms. The highest BCUT2D eigenvalue weighted by Gasteiger charge is 2.59. The molecule has 0 amide bonds. The van der Waals surface area contributed by atoms with Gasteiger partial charge in [-0.05, 0) is 42.0 Å². The standard InChI is InChI=1S/C26H28Cl2F2N2O3/c1-25(2,14-8-10-35-11-9-14)13-20-26(31,17-7-6-15(27)12-19(17)29)21(23(32-20)24(33)34)16-4-3-5-18(28)22(16)30/h3-8,12,20-21,23,32H,9-11,13,31H2,1-2H3,(H,33,34). The number of nitrogens with one attached hydrogen (secondary N) is 1. The summed E-state index contributed by atoms with van der Waals surface area (Å²) >= 11 is 12.1. The number of rotatable bonds is 6. The van der Waals surface area contributed by atoms with Gasteiger partial charge < -0.3 is 15.6 Å². The van der Waals surface area contributed by atoms with E-state index in [1.54, 1.807) is 0 Å². The van der Waals surface area contributed by atoms with E-state index < -0.39 is 46.6 Å². The molecule has 188 valence electrons. The van der Waals surface area contributed by atoms with Crippen LogP contribution < -0.4 is 11.1 Å². The number of benzene rings is 2. The zero-order valence-electron chi connectivity index (χ0n) is 19.5. The molecule has 1 saturated heterocycles. The average molecular weight is 525 g/mol. The van der Waals surface area contributed by atoms with Gasteiger partial charge in [-0.1, -0.05) is 66.9 Å². The van der Waals surface area contributed by atoms with Crippen molar-refractivity contribution >= 4 is 29.2 Å². The van der Waals surface area contributed by atoms with Crippen molar-refractivity contribution < 1.29 is 23.4 Å². The third-order valence-electron chi connectivity index (χ3n) is 7.33. The van der Waals surface area contributed by atoms with Crippen molar-refractivity contribution in [2.45, 2.75) is 50.2 Å². The summed E-state index contributed by atoms with van der Waals surface area (Å²) in [4.78, 5) is 12.4. The van der Waals surface area contributed by atoms with Crippen LogP contribution in [0.1, 0.15) is 43.7 Å². The average Bonchev–Trinajstić information content (AvgIpc) is 3.08. The number of hydrogen-bond acceptors (Lipinski definition) is 4. The van der Waals surface area contributed by atoms with Crippen molar-refractivity contribution in [1.82, 2.24) is 5.32 Å². The molecular formula is C26H28Cl2F2N2O3. The summed E-state index contributed by atoms with van der Waals surface area (Å²) in [6.07, 6.45) is 3.11. The second-order valence-corrected chi connectivity index (χ2v) is 10.7. The number of halogens is 4. The lowest BCUT2D eigenvalue weighted by molar-refractivity contribution is -0.139. The van der Waals surface area contributed by atoms with E-state index in [0.717, 1.165) is 18.1 Å². The van der Waals surface area contributed by atoms with Gasteiger partial charge in [-0.3, -0.25) is 10.1 Å². The van der Waals surface area contributed by atoms with E-state index in [-0.39, 0.29) is 21.2 Å². The van der Waals surface area contributed by atoms with Gasteiger partial charge in [0.2, 0.25) is 0 Å². The largest absolute Gasteiger partial charge is 0.480 e. The predicted octanol–water partition coefficient (Wildman–Crippen LogP) is 5.40. The Labute approximate surface area is 213 Å². The minimum absolute atomic E-state index is 0.0137. The minimum Gasteiger partial charge on any atom is -0.480 e. The summed E-state index contributed by atoms with van der Waals surface area (Å²) in [5.41, 5.74) is 6.24. The molecule has 4 atom stereocenters. The normalized spacial score (nSPS) is 27.1. The maximum atomic E-state index is 15.4. The second-order valence-electron chi connectivity index (χ2n) is 9.86. The van der Waals surface area contributed by atoms with Crippen LogP contribution in [0.25, 0.3) is 0 Å². The van der Waals surface area contributed by atoms with Gasteiger partial charge in [0.1, 0.15) is 17.7 Å². The van der Waals surface area contributed by atoms with E-state index in [2.05, 4.69) is 5.32 Å². The van der Waals surface area contributed by atoms with Crippen molar-refractivity contribution in [3.63, 3.8) is 0 Å². The van der Waals surface area contributed by atoms with Crippen molar-refractivity contribution in [1.29, 1.82) is 0 Å². The molecule has 2 aromatic carbocycles. The fourth-order valence-corrected chi connectivity index (χ4v) is 5.90. The van der Waals surface area contributed by atoms with Gasteiger partial charge in [0, 0.05) is 22.5 Å². The Kier molecular flexibility index (Phi) is 7.28. The van der Waals surface area contributed by atoms with Gasteiger partial charge in [0.15, 0.2) is 0 Å². The van der Waals surface area contributed by atoms with Gasteiger partial charge in [-0.15, -0.1) is 0 Å². The Morgan fingerprint density at radius 1 is 1.29 bits per heavy atom. The molecule has 9 heteroatoms. The van der Waals surface area contributed by atoms with Crippen LogP contribution in [0, 0.1) is 17.0 Å². The molecule has 2 aliphatic heterocycles. The van der Waals surface area contributed by atoms with Gasteiger partial charge >= 0.3 is 5.97 Å². The molecule has 1 fully saturated rings. The van der Waals surface area contributed by atoms with Crippen LogP contribution in [0.15, 0.2) is 48.0 Å². The fraction of sp³-hybridized carbons (Fsp3) is 0.423. The lowest BCUT2D eigenvalue weighted by Crippen LogP contribution is -2.53. The fourth-order valence-electron chi connectivity index (χ4n) is 5.56. The molecule has 2 aromatic rings. The van der Waals surface area contributed by atoms with Crippen LogP contribution in [0.5, 0.6) is 0 Å². The molecule has 2 aliphatic rings. The maximum Gasteiger partial charge on any atom is 0.321 e. The van der Waals surface area contributed by atoms with Gasteiger partial charge in [-0.2, -0.15) is 0 Å². The van der Waals surface area contributed by atoms with Gasteiger partial charge in [0.05, 0.1) is 23.8 Å². The number of hydrogen-bond donors (Lipinski definition) is 3. The Balaban J connectivity index is 1.90. The highest BCUT2D eigenvalue weighted by Crippen LogP contribution is 2.51. The van der Waals surface area contributed by atoms with Crippen LogP contribution >= 0.6 is 23.2 Å². The van der Waals surface area contributed by atoms with E-state index in [4.69, 9.17) is 33.7 Å². The number of carboxylic acid groups (broad SMARTS) is 1. The first-order valence-electron chi connectivity index (χ1n) is 11.4. The molecule has 0 radical (unpaired) electrons. The predicted molar refractivity (Wildman–Crippen MR) is 132 cm³/mol. The zero-order valence-corrected chi connectivity index (χ0v) is 21.0. The number of ether oxygens (including phenoxy) is 1. The first-order chi connectivity index (χ1) is 16.5. The van der Waals surface area contributed by atoms with Crippen molar-refractivity contribution in [3.8, 4) is 0 Å². The van der Waals surface area contributed by atoms with E-state index in [9.17, 15) is 9.90 Å². The Morgan fingerprint density at radius 3 is 2.66 bits per heavy atom. The highest BCUT2D eigenvalue weighted by atomic mass is 35.5. The minimum atomic E-state index is -1.63. The molecule has 5 nitrogen and oxygen atoms in total.